The van der Waals surface area contributed by atoms with Crippen LogP contribution in [0.3, 0.4) is 0 Å². The molecule has 18 heavy (non-hydrogen) atoms. The van der Waals surface area contributed by atoms with Gasteiger partial charge in [-0.1, -0.05) is 0 Å². The van der Waals surface area contributed by atoms with Gasteiger partial charge in [-0.25, -0.2) is 12.1 Å². The van der Waals surface area contributed by atoms with Crippen molar-refractivity contribution in [2.24, 2.45) is 0 Å². The first-order valence-electron chi connectivity index (χ1n) is 4.87. The van der Waals surface area contributed by atoms with Gasteiger partial charge >= 0.3 is 0 Å². The molecule has 9 heteroatoms. The number of aromatic amines is 1. The van der Waals surface area contributed by atoms with Gasteiger partial charge < -0.3 is 15.2 Å². The van der Waals surface area contributed by atoms with Gasteiger partial charge in [-0.3, -0.25) is 14.3 Å². The van der Waals surface area contributed by atoms with Crippen molar-refractivity contribution in [1.82, 2.24) is 19.5 Å². The number of H-pyrrole nitrogens is 1. The molecule has 0 spiro atoms. The zero-order valence-corrected chi connectivity index (χ0v) is 12.5. The summed E-state index contributed by atoms with van der Waals surface area (Å²) in [6, 6.07) is 0. The maximum absolute atomic E-state index is 11.5. The summed E-state index contributed by atoms with van der Waals surface area (Å²) >= 11 is 0. The predicted octanol–water partition coefficient (Wildman–Crippen LogP) is -0.518. The maximum atomic E-state index is 11.5. The molecule has 0 aliphatic carbocycles. The Hall–Kier alpha value is -0.826. The number of imidazole rings is 1. The standard InChI is InChI=1S/C9H12N5O3.Y/c1-16-2-3-17-5-14-4-11-6-7(14)12-9(10)13-8(6)15;/h4H,1-3,5H2,(H3,10,12,13,15);/q-1;. The van der Waals surface area contributed by atoms with Gasteiger partial charge in [0.1, 0.15) is 6.73 Å². The van der Waals surface area contributed by atoms with Gasteiger partial charge in [-0.15, -0.1) is 0 Å². The van der Waals surface area contributed by atoms with Crippen molar-refractivity contribution in [1.29, 1.82) is 0 Å². The fourth-order valence-corrected chi connectivity index (χ4v) is 1.35. The second kappa shape index (κ2) is 6.93. The van der Waals surface area contributed by atoms with E-state index in [9.17, 15) is 4.79 Å². The van der Waals surface area contributed by atoms with E-state index < -0.39 is 0 Å². The first-order valence-corrected chi connectivity index (χ1v) is 4.87. The molecule has 2 aromatic heterocycles. The number of aromatic nitrogens is 4. The van der Waals surface area contributed by atoms with E-state index in [2.05, 4.69) is 26.8 Å². The SMILES string of the molecule is [CH2-]OCCOCn1cnc2c(=O)[nH]c(N)nc21.[Y]. The minimum atomic E-state index is -0.368. The molecule has 0 aliphatic rings. The van der Waals surface area contributed by atoms with Crippen LogP contribution >= 0.6 is 0 Å². The average molecular weight is 327 g/mol. The first-order chi connectivity index (χ1) is 8.22. The van der Waals surface area contributed by atoms with Crippen LogP contribution < -0.4 is 11.3 Å². The molecular weight excluding hydrogens is 315 g/mol. The summed E-state index contributed by atoms with van der Waals surface area (Å²) in [5.41, 5.74) is 5.71. The van der Waals surface area contributed by atoms with Crippen molar-refractivity contribution < 1.29 is 42.2 Å². The Labute approximate surface area is 128 Å². The van der Waals surface area contributed by atoms with Crippen LogP contribution in [-0.4, -0.2) is 32.7 Å². The van der Waals surface area contributed by atoms with Crippen molar-refractivity contribution >= 4 is 17.1 Å². The van der Waals surface area contributed by atoms with Crippen LogP contribution in [0.15, 0.2) is 11.1 Å². The van der Waals surface area contributed by atoms with Gasteiger partial charge in [-0.05, 0) is 0 Å². The largest absolute Gasteiger partial charge is 0.553 e. The van der Waals surface area contributed by atoms with E-state index in [4.69, 9.17) is 10.5 Å². The molecule has 0 aliphatic heterocycles. The minimum absolute atomic E-state index is 0. The number of hydrogen-bond acceptors (Lipinski definition) is 6. The van der Waals surface area contributed by atoms with Crippen molar-refractivity contribution in [2.75, 3.05) is 18.9 Å². The van der Waals surface area contributed by atoms with E-state index in [0.29, 0.717) is 18.9 Å². The Balaban J connectivity index is 0.00000162. The Morgan fingerprint density at radius 2 is 2.28 bits per heavy atom. The molecule has 0 saturated carbocycles. The Kier molecular flexibility index (Phi) is 5.87. The number of fused-ring (bicyclic) bond motifs is 1. The van der Waals surface area contributed by atoms with Crippen LogP contribution in [-0.2, 0) is 48.9 Å². The van der Waals surface area contributed by atoms with Crippen LogP contribution in [0.2, 0.25) is 0 Å². The predicted molar refractivity (Wildman–Crippen MR) is 59.8 cm³/mol. The topological polar surface area (TPSA) is 108 Å². The third-order valence-corrected chi connectivity index (χ3v) is 2.10. The molecule has 95 valence electrons. The summed E-state index contributed by atoms with van der Waals surface area (Å²) < 4.78 is 11.5. The number of nitrogens with zero attached hydrogens (tertiary/aromatic N) is 3. The van der Waals surface area contributed by atoms with Crippen molar-refractivity contribution in [3.63, 3.8) is 0 Å². The Morgan fingerprint density at radius 3 is 3.00 bits per heavy atom. The molecule has 0 unspecified atom stereocenters. The smallest absolute Gasteiger partial charge is 0.280 e. The van der Waals surface area contributed by atoms with Crippen LogP contribution in [0.25, 0.3) is 11.2 Å². The number of rotatable bonds is 5. The molecule has 2 rings (SSSR count). The van der Waals surface area contributed by atoms with Gasteiger partial charge in [0.15, 0.2) is 11.2 Å². The number of hydrogen-bond donors (Lipinski definition) is 2. The summed E-state index contributed by atoms with van der Waals surface area (Å²) in [6.07, 6.45) is 1.47. The van der Waals surface area contributed by atoms with Crippen molar-refractivity contribution in [3.8, 4) is 0 Å². The van der Waals surface area contributed by atoms with Crippen molar-refractivity contribution in [2.45, 2.75) is 6.73 Å². The molecule has 1 radical (unpaired) electrons. The average Bonchev–Trinajstić information content (AvgIpc) is 2.68. The number of nitrogens with one attached hydrogen (secondary N) is 1. The van der Waals surface area contributed by atoms with Crippen LogP contribution in [0, 0.1) is 7.11 Å². The minimum Gasteiger partial charge on any atom is -0.553 e. The number of nitrogen functional groups attached to an aromatic ring is 1. The molecule has 3 N–H and O–H groups in total. The molecule has 0 atom stereocenters. The molecular formula is C9H12N5O3Y-. The van der Waals surface area contributed by atoms with Gasteiger partial charge in [0.05, 0.1) is 12.9 Å². The summed E-state index contributed by atoms with van der Waals surface area (Å²) in [5, 5.41) is 0. The monoisotopic (exact) mass is 327 g/mol. The summed E-state index contributed by atoms with van der Waals surface area (Å²) in [5.74, 6) is 0.0466. The number of anilines is 1. The third kappa shape index (κ3) is 3.35. The first kappa shape index (κ1) is 15.2. The van der Waals surface area contributed by atoms with E-state index >= 15 is 0 Å². The molecule has 0 saturated heterocycles. The van der Waals surface area contributed by atoms with E-state index in [1.54, 1.807) is 4.57 Å². The van der Waals surface area contributed by atoms with Crippen LogP contribution in [0.1, 0.15) is 0 Å². The van der Waals surface area contributed by atoms with Crippen molar-refractivity contribution in [3.05, 3.63) is 23.8 Å². The molecule has 0 fully saturated rings. The van der Waals surface area contributed by atoms with Crippen LogP contribution in [0.4, 0.5) is 5.95 Å². The summed E-state index contributed by atoms with van der Waals surface area (Å²) in [4.78, 5) is 21.8. The second-order valence-corrected chi connectivity index (χ2v) is 3.28. The van der Waals surface area contributed by atoms with E-state index in [0.717, 1.165) is 0 Å². The van der Waals surface area contributed by atoms with Gasteiger partial charge in [0.2, 0.25) is 5.95 Å². The molecule has 2 aromatic rings. The fourth-order valence-electron chi connectivity index (χ4n) is 1.35. The van der Waals surface area contributed by atoms with Gasteiger partial charge in [0.25, 0.3) is 5.56 Å². The Morgan fingerprint density at radius 1 is 1.50 bits per heavy atom. The molecule has 0 bridgehead atoms. The summed E-state index contributed by atoms with van der Waals surface area (Å²) in [7, 11) is 3.22. The fraction of sp³-hybridized carbons (Fsp3) is 0.333. The number of ether oxygens (including phenoxy) is 2. The maximum Gasteiger partial charge on any atom is 0.280 e. The quantitative estimate of drug-likeness (QED) is 0.565. The zero-order chi connectivity index (χ0) is 12.3. The molecule has 8 nitrogen and oxygen atoms in total. The van der Waals surface area contributed by atoms with E-state index in [1.807, 2.05) is 0 Å². The Bertz CT molecular complexity index is 567. The van der Waals surface area contributed by atoms with Gasteiger partial charge in [-0.2, -0.15) is 4.98 Å². The van der Waals surface area contributed by atoms with E-state index in [1.165, 1.54) is 6.33 Å². The zero-order valence-electron chi connectivity index (χ0n) is 9.63. The number of nitrogens with two attached hydrogens (primary N) is 1. The summed E-state index contributed by atoms with van der Waals surface area (Å²) in [6.45, 7) is 1.00. The van der Waals surface area contributed by atoms with E-state index in [-0.39, 0.29) is 56.5 Å². The third-order valence-electron chi connectivity index (χ3n) is 2.10. The van der Waals surface area contributed by atoms with Crippen LogP contribution in [0.5, 0.6) is 0 Å². The van der Waals surface area contributed by atoms with Gasteiger partial charge in [0, 0.05) is 39.3 Å². The molecule has 0 amide bonds. The molecule has 0 aromatic carbocycles. The normalized spacial score (nSPS) is 10.5. The molecule has 2 heterocycles. The second-order valence-electron chi connectivity index (χ2n) is 3.28.